The fourth-order valence-corrected chi connectivity index (χ4v) is 2.79. The van der Waals surface area contributed by atoms with E-state index in [1.807, 2.05) is 0 Å². The van der Waals surface area contributed by atoms with Gasteiger partial charge in [0.15, 0.2) is 0 Å². The average molecular weight is 255 g/mol. The summed E-state index contributed by atoms with van der Waals surface area (Å²) in [6.07, 6.45) is 12.4. The van der Waals surface area contributed by atoms with E-state index in [1.165, 1.54) is 64.5 Å². The first-order valence-electron chi connectivity index (χ1n) is 7.95. The molecule has 0 saturated heterocycles. The minimum absolute atomic E-state index is 0.791. The zero-order chi connectivity index (χ0) is 13.1. The predicted octanol–water partition coefficient (Wildman–Crippen LogP) is 2.36. The van der Waals surface area contributed by atoms with Crippen LogP contribution in [0.4, 0.5) is 0 Å². The van der Waals surface area contributed by atoms with Crippen molar-refractivity contribution in [2.24, 2.45) is 5.73 Å². The number of nitrogens with one attached hydrogen (secondary N) is 1. The van der Waals surface area contributed by atoms with Crippen molar-refractivity contribution < 1.29 is 0 Å². The molecule has 0 aromatic rings. The molecule has 1 saturated carbocycles. The summed E-state index contributed by atoms with van der Waals surface area (Å²) in [5, 5.41) is 3.75. The number of hydrogen-bond acceptors (Lipinski definition) is 3. The maximum atomic E-state index is 5.52. The van der Waals surface area contributed by atoms with E-state index in [0.29, 0.717) is 0 Å². The van der Waals surface area contributed by atoms with Gasteiger partial charge in [-0.25, -0.2) is 0 Å². The molecule has 0 heterocycles. The van der Waals surface area contributed by atoms with Crippen LogP contribution in [-0.2, 0) is 0 Å². The SMILES string of the molecule is CN(CCCN)CCCNC1CCCCCCC1. The summed E-state index contributed by atoms with van der Waals surface area (Å²) >= 11 is 0. The van der Waals surface area contributed by atoms with Crippen molar-refractivity contribution in [2.45, 2.75) is 63.8 Å². The lowest BCUT2D eigenvalue weighted by Crippen LogP contribution is -2.32. The third kappa shape index (κ3) is 8.06. The summed E-state index contributed by atoms with van der Waals surface area (Å²) in [4.78, 5) is 2.40. The van der Waals surface area contributed by atoms with Crippen molar-refractivity contribution >= 4 is 0 Å². The number of rotatable bonds is 8. The van der Waals surface area contributed by atoms with Crippen molar-refractivity contribution in [3.63, 3.8) is 0 Å². The largest absolute Gasteiger partial charge is 0.330 e. The van der Waals surface area contributed by atoms with Gasteiger partial charge in [-0.3, -0.25) is 0 Å². The minimum atomic E-state index is 0.791. The van der Waals surface area contributed by atoms with Gasteiger partial charge in [0.2, 0.25) is 0 Å². The highest BCUT2D eigenvalue weighted by Gasteiger charge is 2.10. The van der Waals surface area contributed by atoms with Crippen LogP contribution in [0.25, 0.3) is 0 Å². The lowest BCUT2D eigenvalue weighted by atomic mass is 9.97. The number of hydrogen-bond donors (Lipinski definition) is 2. The molecule has 0 radical (unpaired) electrons. The standard InChI is InChI=1S/C15H33N3/c1-18(13-7-11-16)14-8-12-17-15-9-5-3-2-4-6-10-15/h15,17H,2-14,16H2,1H3. The molecule has 108 valence electrons. The molecule has 1 aliphatic carbocycles. The highest BCUT2D eigenvalue weighted by molar-refractivity contribution is 4.70. The molecule has 0 aliphatic heterocycles. The van der Waals surface area contributed by atoms with E-state index in [2.05, 4.69) is 17.3 Å². The zero-order valence-electron chi connectivity index (χ0n) is 12.3. The second-order valence-corrected chi connectivity index (χ2v) is 5.80. The molecule has 0 amide bonds. The molecule has 1 rings (SSSR count). The summed E-state index contributed by atoms with van der Waals surface area (Å²) in [5.74, 6) is 0. The molecule has 0 spiro atoms. The first-order chi connectivity index (χ1) is 8.83. The molecule has 1 aliphatic rings. The Labute approximate surface area is 113 Å². The first-order valence-corrected chi connectivity index (χ1v) is 7.95. The van der Waals surface area contributed by atoms with Crippen LogP contribution >= 0.6 is 0 Å². The topological polar surface area (TPSA) is 41.3 Å². The molecule has 3 nitrogen and oxygen atoms in total. The van der Waals surface area contributed by atoms with Crippen LogP contribution in [0.3, 0.4) is 0 Å². The van der Waals surface area contributed by atoms with E-state index >= 15 is 0 Å². The van der Waals surface area contributed by atoms with Gasteiger partial charge < -0.3 is 16.0 Å². The third-order valence-electron chi connectivity index (χ3n) is 4.00. The molecule has 3 N–H and O–H groups in total. The molecule has 0 aromatic carbocycles. The van der Waals surface area contributed by atoms with Gasteiger partial charge in [-0.15, -0.1) is 0 Å². The lowest BCUT2D eigenvalue weighted by Gasteiger charge is -2.22. The molecule has 0 bridgehead atoms. The number of nitrogens with two attached hydrogens (primary N) is 1. The van der Waals surface area contributed by atoms with E-state index in [4.69, 9.17) is 5.73 Å². The second kappa shape index (κ2) is 10.8. The molecule has 3 heteroatoms. The summed E-state index contributed by atoms with van der Waals surface area (Å²) in [7, 11) is 2.20. The van der Waals surface area contributed by atoms with Crippen LogP contribution in [0.5, 0.6) is 0 Å². The van der Waals surface area contributed by atoms with Gasteiger partial charge in [0.1, 0.15) is 0 Å². The maximum absolute atomic E-state index is 5.52. The summed E-state index contributed by atoms with van der Waals surface area (Å²) in [6.45, 7) is 4.32. The van der Waals surface area contributed by atoms with Gasteiger partial charge in [-0.2, -0.15) is 0 Å². The van der Waals surface area contributed by atoms with Gasteiger partial charge in [-0.1, -0.05) is 32.1 Å². The molecular formula is C15H33N3. The van der Waals surface area contributed by atoms with Crippen molar-refractivity contribution in [3.05, 3.63) is 0 Å². The fourth-order valence-electron chi connectivity index (χ4n) is 2.79. The average Bonchev–Trinajstić information content (AvgIpc) is 2.34. The second-order valence-electron chi connectivity index (χ2n) is 5.80. The van der Waals surface area contributed by atoms with Crippen molar-refractivity contribution in [3.8, 4) is 0 Å². The minimum Gasteiger partial charge on any atom is -0.330 e. The molecular weight excluding hydrogens is 222 g/mol. The Morgan fingerprint density at radius 3 is 2.28 bits per heavy atom. The molecule has 0 atom stereocenters. The maximum Gasteiger partial charge on any atom is 0.00670 e. The number of nitrogens with zero attached hydrogens (tertiary/aromatic N) is 1. The Kier molecular flexibility index (Phi) is 9.54. The van der Waals surface area contributed by atoms with Gasteiger partial charge >= 0.3 is 0 Å². The van der Waals surface area contributed by atoms with E-state index in [0.717, 1.165) is 25.6 Å². The summed E-state index contributed by atoms with van der Waals surface area (Å²) in [6, 6.07) is 0.791. The molecule has 0 unspecified atom stereocenters. The predicted molar refractivity (Wildman–Crippen MR) is 79.9 cm³/mol. The van der Waals surface area contributed by atoms with Crippen LogP contribution in [0.2, 0.25) is 0 Å². The van der Waals surface area contributed by atoms with E-state index in [1.54, 1.807) is 0 Å². The first kappa shape index (κ1) is 15.9. The monoisotopic (exact) mass is 255 g/mol. The summed E-state index contributed by atoms with van der Waals surface area (Å²) in [5.41, 5.74) is 5.52. The van der Waals surface area contributed by atoms with E-state index in [9.17, 15) is 0 Å². The Morgan fingerprint density at radius 1 is 1.00 bits per heavy atom. The van der Waals surface area contributed by atoms with Crippen LogP contribution < -0.4 is 11.1 Å². The Morgan fingerprint density at radius 2 is 1.61 bits per heavy atom. The zero-order valence-corrected chi connectivity index (χ0v) is 12.3. The highest BCUT2D eigenvalue weighted by Crippen LogP contribution is 2.16. The fraction of sp³-hybridized carbons (Fsp3) is 1.00. The van der Waals surface area contributed by atoms with Gasteiger partial charge in [0.05, 0.1) is 0 Å². The van der Waals surface area contributed by atoms with E-state index < -0.39 is 0 Å². The molecule has 1 fully saturated rings. The van der Waals surface area contributed by atoms with Crippen LogP contribution in [-0.4, -0.2) is 44.2 Å². The Hall–Kier alpha value is -0.120. The Balaban J connectivity index is 1.98. The van der Waals surface area contributed by atoms with Crippen LogP contribution in [0, 0.1) is 0 Å². The highest BCUT2D eigenvalue weighted by atomic mass is 15.1. The normalized spacial score (nSPS) is 18.8. The van der Waals surface area contributed by atoms with E-state index in [-0.39, 0.29) is 0 Å². The van der Waals surface area contributed by atoms with Crippen molar-refractivity contribution in [2.75, 3.05) is 33.2 Å². The Bertz CT molecular complexity index is 177. The molecule has 18 heavy (non-hydrogen) atoms. The van der Waals surface area contributed by atoms with Crippen molar-refractivity contribution in [1.29, 1.82) is 0 Å². The van der Waals surface area contributed by atoms with Gasteiger partial charge in [0, 0.05) is 6.04 Å². The van der Waals surface area contributed by atoms with Crippen LogP contribution in [0.15, 0.2) is 0 Å². The molecule has 0 aromatic heterocycles. The van der Waals surface area contributed by atoms with Crippen molar-refractivity contribution in [1.82, 2.24) is 10.2 Å². The third-order valence-corrected chi connectivity index (χ3v) is 4.00. The van der Waals surface area contributed by atoms with Crippen LogP contribution in [0.1, 0.15) is 57.8 Å². The van der Waals surface area contributed by atoms with Gasteiger partial charge in [-0.05, 0) is 58.9 Å². The van der Waals surface area contributed by atoms with Gasteiger partial charge in [0.25, 0.3) is 0 Å². The smallest absolute Gasteiger partial charge is 0.00670 e. The lowest BCUT2D eigenvalue weighted by molar-refractivity contribution is 0.315. The quantitative estimate of drug-likeness (QED) is 0.654. The summed E-state index contributed by atoms with van der Waals surface area (Å²) < 4.78 is 0.